The number of carbonyl (C=O) groups excluding carboxylic acids is 2. The Morgan fingerprint density at radius 1 is 1.27 bits per heavy atom. The van der Waals surface area contributed by atoms with Crippen LogP contribution in [0.4, 0.5) is 21.9 Å². The number of amides is 3. The molecule has 2 aliphatic heterocycles. The lowest BCUT2D eigenvalue weighted by Crippen LogP contribution is -2.36. The number of azide groups is 1. The summed E-state index contributed by atoms with van der Waals surface area (Å²) in [7, 11) is 2.01. The first-order chi connectivity index (χ1) is 17.9. The Hall–Kier alpha value is -3.22. The van der Waals surface area contributed by atoms with Crippen molar-refractivity contribution in [2.45, 2.75) is 55.9 Å². The number of benzene rings is 1. The van der Waals surface area contributed by atoms with Crippen LogP contribution in [0.15, 0.2) is 23.3 Å². The van der Waals surface area contributed by atoms with Gasteiger partial charge in [-0.2, -0.15) is 11.8 Å². The van der Waals surface area contributed by atoms with Crippen LogP contribution in [0.25, 0.3) is 10.4 Å². The van der Waals surface area contributed by atoms with Crippen molar-refractivity contribution in [2.75, 3.05) is 44.3 Å². The van der Waals surface area contributed by atoms with Crippen molar-refractivity contribution in [3.8, 4) is 0 Å². The Morgan fingerprint density at radius 2 is 2.05 bits per heavy atom. The van der Waals surface area contributed by atoms with Crippen LogP contribution in [-0.4, -0.2) is 78.1 Å². The molecule has 3 atom stereocenters. The van der Waals surface area contributed by atoms with Crippen LogP contribution in [0.1, 0.15) is 38.5 Å². The van der Waals surface area contributed by atoms with Crippen LogP contribution in [-0.2, 0) is 4.79 Å². The van der Waals surface area contributed by atoms with Gasteiger partial charge >= 0.3 is 6.03 Å². The highest BCUT2D eigenvalue weighted by Gasteiger charge is 2.42. The Balaban J connectivity index is 1.20. The first-order valence-corrected chi connectivity index (χ1v) is 13.6. The fraction of sp³-hybridized carbons (Fsp3) is 0.652. The minimum Gasteiger partial charge on any atom is -0.379 e. The molecule has 0 aliphatic carbocycles. The molecule has 0 spiro atoms. The monoisotopic (exact) mass is 533 g/mol. The zero-order valence-corrected chi connectivity index (χ0v) is 21.8. The van der Waals surface area contributed by atoms with E-state index in [4.69, 9.17) is 5.53 Å². The number of urea groups is 1. The molecule has 0 saturated carbocycles. The SMILES string of the molecule is CN(CCCNC(=O)CCCCC1SCC2NC(=O)NC21)CCCNc1ccc(N=[N+]=[N-])cc1[N+](=O)[O-]. The summed E-state index contributed by atoms with van der Waals surface area (Å²) in [6.07, 6.45) is 4.99. The van der Waals surface area contributed by atoms with E-state index in [0.717, 1.165) is 50.9 Å². The molecule has 2 heterocycles. The molecule has 1 aromatic rings. The van der Waals surface area contributed by atoms with Gasteiger partial charge in [0.15, 0.2) is 0 Å². The molecule has 2 saturated heterocycles. The zero-order valence-electron chi connectivity index (χ0n) is 21.0. The Labute approximate surface area is 220 Å². The fourth-order valence-corrected chi connectivity index (χ4v) is 6.10. The maximum absolute atomic E-state index is 12.1. The number of nitrogens with one attached hydrogen (secondary N) is 4. The third kappa shape index (κ3) is 8.99. The highest BCUT2D eigenvalue weighted by Crippen LogP contribution is 2.33. The zero-order chi connectivity index (χ0) is 26.6. The van der Waals surface area contributed by atoms with Crippen molar-refractivity contribution >= 4 is 40.8 Å². The lowest BCUT2D eigenvalue weighted by Gasteiger charge is -2.17. The normalized spacial score (nSPS) is 20.1. The van der Waals surface area contributed by atoms with Crippen molar-refractivity contribution in [1.29, 1.82) is 0 Å². The minimum atomic E-state index is -0.503. The molecule has 0 aromatic heterocycles. The summed E-state index contributed by atoms with van der Waals surface area (Å²) >= 11 is 1.90. The lowest BCUT2D eigenvalue weighted by atomic mass is 10.0. The summed E-state index contributed by atoms with van der Waals surface area (Å²) < 4.78 is 0. The summed E-state index contributed by atoms with van der Waals surface area (Å²) in [4.78, 5) is 39.1. The predicted octanol–water partition coefficient (Wildman–Crippen LogP) is 3.50. The second kappa shape index (κ2) is 14.5. The number of fused-ring (bicyclic) bond motifs is 1. The highest BCUT2D eigenvalue weighted by molar-refractivity contribution is 8.00. The molecule has 0 bridgehead atoms. The van der Waals surface area contributed by atoms with Gasteiger partial charge in [-0.25, -0.2) is 4.79 Å². The van der Waals surface area contributed by atoms with Crippen LogP contribution in [0.5, 0.6) is 0 Å². The molecular formula is C23H35N9O4S. The predicted molar refractivity (Wildman–Crippen MR) is 144 cm³/mol. The summed E-state index contributed by atoms with van der Waals surface area (Å²) in [5, 5.41) is 27.1. The smallest absolute Gasteiger partial charge is 0.315 e. The summed E-state index contributed by atoms with van der Waals surface area (Å²) in [5.74, 6) is 1.03. The van der Waals surface area contributed by atoms with Gasteiger partial charge in [-0.1, -0.05) is 17.6 Å². The number of carbonyl (C=O) groups is 2. The number of nitro benzene ring substituents is 1. The summed E-state index contributed by atoms with van der Waals surface area (Å²) in [5.41, 5.74) is 8.95. The van der Waals surface area contributed by atoms with E-state index in [1.54, 1.807) is 6.07 Å². The van der Waals surface area contributed by atoms with Crippen LogP contribution in [0, 0.1) is 10.1 Å². The molecule has 1 aromatic carbocycles. The maximum atomic E-state index is 12.1. The lowest BCUT2D eigenvalue weighted by molar-refractivity contribution is -0.383. The largest absolute Gasteiger partial charge is 0.379 e. The van der Waals surface area contributed by atoms with Gasteiger partial charge in [0.05, 0.1) is 17.0 Å². The molecule has 2 fully saturated rings. The molecule has 3 amide bonds. The van der Waals surface area contributed by atoms with Crippen molar-refractivity contribution in [3.05, 3.63) is 38.8 Å². The minimum absolute atomic E-state index is 0.0662. The van der Waals surface area contributed by atoms with Gasteiger partial charge in [-0.05, 0) is 57.4 Å². The summed E-state index contributed by atoms with van der Waals surface area (Å²) in [6, 6.07) is 4.72. The van der Waals surface area contributed by atoms with Gasteiger partial charge in [0.2, 0.25) is 5.91 Å². The first-order valence-electron chi connectivity index (χ1n) is 12.6. The molecule has 13 nitrogen and oxygen atoms in total. The van der Waals surface area contributed by atoms with Crippen LogP contribution < -0.4 is 21.3 Å². The van der Waals surface area contributed by atoms with E-state index in [9.17, 15) is 19.7 Å². The number of rotatable bonds is 16. The van der Waals surface area contributed by atoms with Gasteiger partial charge in [0, 0.05) is 47.2 Å². The number of unbranched alkanes of at least 4 members (excludes halogenated alkanes) is 1. The van der Waals surface area contributed by atoms with Gasteiger partial charge in [0.1, 0.15) is 5.69 Å². The van der Waals surface area contributed by atoms with Crippen molar-refractivity contribution in [1.82, 2.24) is 20.9 Å². The number of anilines is 1. The second-order valence-corrected chi connectivity index (χ2v) is 10.6. The molecule has 3 unspecified atom stereocenters. The standard InChI is InChI=1S/C23H35N9O4S/c1-31(12-4-10-25-17-9-8-16(29-30-24)14-19(17)32(35)36)13-5-11-26-21(33)7-3-2-6-20-22-18(15-37-20)27-23(34)28-22/h8-9,14,18,20,22,25H,2-7,10-13,15H2,1H3,(H,26,33)(H2,27,28,34). The molecule has 3 rings (SSSR count). The van der Waals surface area contributed by atoms with Gasteiger partial charge in [0.25, 0.3) is 5.69 Å². The first kappa shape index (κ1) is 28.4. The number of thioether (sulfide) groups is 1. The van der Waals surface area contributed by atoms with E-state index < -0.39 is 4.92 Å². The van der Waals surface area contributed by atoms with Gasteiger partial charge < -0.3 is 26.2 Å². The van der Waals surface area contributed by atoms with E-state index in [2.05, 4.69) is 36.2 Å². The van der Waals surface area contributed by atoms with E-state index in [-0.39, 0.29) is 35.4 Å². The number of hydrogen-bond donors (Lipinski definition) is 4. The molecule has 4 N–H and O–H groups in total. The topological polar surface area (TPSA) is 177 Å². The molecule has 0 radical (unpaired) electrons. The van der Waals surface area contributed by atoms with Gasteiger partial charge in [-0.15, -0.1) is 0 Å². The molecule has 14 heteroatoms. The Bertz CT molecular complexity index is 1000. The number of nitro groups is 1. The van der Waals surface area contributed by atoms with Crippen LogP contribution in [0.2, 0.25) is 0 Å². The van der Waals surface area contributed by atoms with Crippen molar-refractivity contribution in [2.24, 2.45) is 5.11 Å². The third-order valence-electron chi connectivity index (χ3n) is 6.49. The average Bonchev–Trinajstić information content (AvgIpc) is 3.42. The Morgan fingerprint density at radius 3 is 2.81 bits per heavy atom. The van der Waals surface area contributed by atoms with E-state index in [1.807, 2.05) is 18.8 Å². The Kier molecular flexibility index (Phi) is 11.1. The molecule has 202 valence electrons. The fourth-order valence-electron chi connectivity index (χ4n) is 4.56. The van der Waals surface area contributed by atoms with E-state index in [1.165, 1.54) is 12.1 Å². The maximum Gasteiger partial charge on any atom is 0.315 e. The molecule has 37 heavy (non-hydrogen) atoms. The van der Waals surface area contributed by atoms with E-state index >= 15 is 0 Å². The second-order valence-electron chi connectivity index (χ2n) is 9.30. The van der Waals surface area contributed by atoms with Crippen LogP contribution in [0.3, 0.4) is 0 Å². The van der Waals surface area contributed by atoms with E-state index in [0.29, 0.717) is 30.4 Å². The third-order valence-corrected chi connectivity index (χ3v) is 8.00. The number of nitrogens with zero attached hydrogens (tertiary/aromatic N) is 5. The molecular weight excluding hydrogens is 498 g/mol. The van der Waals surface area contributed by atoms with Crippen molar-refractivity contribution < 1.29 is 14.5 Å². The summed E-state index contributed by atoms with van der Waals surface area (Å²) in [6.45, 7) is 2.84. The highest BCUT2D eigenvalue weighted by atomic mass is 32.2. The van der Waals surface area contributed by atoms with Crippen LogP contribution >= 0.6 is 11.8 Å². The molecule has 2 aliphatic rings. The van der Waals surface area contributed by atoms with Crippen molar-refractivity contribution in [3.63, 3.8) is 0 Å². The average molecular weight is 534 g/mol. The quantitative estimate of drug-likeness (QED) is 0.0477. The van der Waals surface area contributed by atoms with Gasteiger partial charge in [-0.3, -0.25) is 14.9 Å². The number of hydrogen-bond acceptors (Lipinski definition) is 8.